The molecule has 0 aliphatic carbocycles. The molecule has 1 saturated heterocycles. The summed E-state index contributed by atoms with van der Waals surface area (Å²) in [6, 6.07) is 0.827. The minimum Gasteiger partial charge on any atom is -0.306 e. The summed E-state index contributed by atoms with van der Waals surface area (Å²) in [5.74, 6) is 6.45. The fourth-order valence-electron chi connectivity index (χ4n) is 2.41. The Morgan fingerprint density at radius 3 is 2.07 bits per heavy atom. The van der Waals surface area contributed by atoms with Crippen LogP contribution in [-0.4, -0.2) is 49.1 Å². The van der Waals surface area contributed by atoms with Crippen LogP contribution >= 0.6 is 0 Å². The Bertz CT molecular complexity index is 218. The number of nitrogens with zero attached hydrogens (tertiary/aromatic N) is 2. The van der Waals surface area contributed by atoms with Crippen molar-refractivity contribution in [3.63, 3.8) is 0 Å². The summed E-state index contributed by atoms with van der Waals surface area (Å²) in [7, 11) is 2.22. The molecule has 0 amide bonds. The van der Waals surface area contributed by atoms with E-state index in [0.717, 1.165) is 18.9 Å². The average molecular weight is 192 g/mol. The minimum absolute atomic E-state index is 0.827. The molecule has 2 heteroatoms. The number of rotatable bonds is 1. The quantitative estimate of drug-likeness (QED) is 0.576. The zero-order valence-electron chi connectivity index (χ0n) is 9.13. The third-order valence-corrected chi connectivity index (χ3v) is 3.38. The van der Waals surface area contributed by atoms with E-state index in [-0.39, 0.29) is 0 Å². The maximum absolute atomic E-state index is 3.22. The number of piperidine rings is 1. The maximum Gasteiger partial charge on any atom is 0.0217 e. The van der Waals surface area contributed by atoms with Gasteiger partial charge in [0.1, 0.15) is 0 Å². The summed E-state index contributed by atoms with van der Waals surface area (Å²) in [4.78, 5) is 5.07. The monoisotopic (exact) mass is 192 g/mol. The molecule has 2 aliphatic rings. The van der Waals surface area contributed by atoms with Gasteiger partial charge >= 0.3 is 0 Å². The molecule has 0 spiro atoms. The van der Waals surface area contributed by atoms with E-state index < -0.39 is 0 Å². The van der Waals surface area contributed by atoms with Crippen molar-refractivity contribution in [2.75, 3.05) is 33.2 Å². The van der Waals surface area contributed by atoms with Crippen molar-refractivity contribution in [3.8, 4) is 11.8 Å². The second kappa shape index (κ2) is 4.82. The highest BCUT2D eigenvalue weighted by Crippen LogP contribution is 2.16. The number of hydrogen-bond acceptors (Lipinski definition) is 2. The van der Waals surface area contributed by atoms with Crippen LogP contribution in [0.2, 0.25) is 0 Å². The van der Waals surface area contributed by atoms with Crippen LogP contribution in [0.5, 0.6) is 0 Å². The van der Waals surface area contributed by atoms with Gasteiger partial charge in [-0.25, -0.2) is 0 Å². The van der Waals surface area contributed by atoms with Crippen molar-refractivity contribution < 1.29 is 0 Å². The number of hydrogen-bond donors (Lipinski definition) is 0. The molecular weight excluding hydrogens is 172 g/mol. The van der Waals surface area contributed by atoms with Crippen molar-refractivity contribution in [1.29, 1.82) is 0 Å². The van der Waals surface area contributed by atoms with Crippen LogP contribution in [0.3, 0.4) is 0 Å². The van der Waals surface area contributed by atoms with Gasteiger partial charge < -0.3 is 4.90 Å². The van der Waals surface area contributed by atoms with Crippen LogP contribution in [0, 0.1) is 11.8 Å². The zero-order valence-corrected chi connectivity index (χ0v) is 9.13. The van der Waals surface area contributed by atoms with Crippen LogP contribution in [0.4, 0.5) is 0 Å². The zero-order chi connectivity index (χ0) is 9.80. The first-order valence-corrected chi connectivity index (χ1v) is 5.74. The van der Waals surface area contributed by atoms with Gasteiger partial charge in [0.05, 0.1) is 0 Å². The highest BCUT2D eigenvalue weighted by molar-refractivity contribution is 5.02. The molecule has 0 unspecified atom stereocenters. The van der Waals surface area contributed by atoms with Gasteiger partial charge in [0.2, 0.25) is 0 Å². The summed E-state index contributed by atoms with van der Waals surface area (Å²) in [6.07, 6.45) is 4.84. The lowest BCUT2D eigenvalue weighted by Crippen LogP contribution is -2.44. The third-order valence-electron chi connectivity index (χ3n) is 3.38. The molecule has 0 saturated carbocycles. The van der Waals surface area contributed by atoms with Gasteiger partial charge in [-0.3, -0.25) is 4.90 Å². The molecule has 0 aromatic heterocycles. The fourth-order valence-corrected chi connectivity index (χ4v) is 2.41. The molecule has 2 nitrogen and oxygen atoms in total. The van der Waals surface area contributed by atoms with Gasteiger partial charge in [-0.15, -0.1) is 11.8 Å². The minimum atomic E-state index is 0.827. The van der Waals surface area contributed by atoms with Crippen LogP contribution < -0.4 is 0 Å². The molecule has 78 valence electrons. The van der Waals surface area contributed by atoms with Crippen molar-refractivity contribution in [2.24, 2.45) is 0 Å². The lowest BCUT2D eigenvalue weighted by atomic mass is 10.0. The van der Waals surface area contributed by atoms with Crippen LogP contribution in [-0.2, 0) is 0 Å². The Balaban J connectivity index is 1.83. The standard InChI is InChI=1S/C12H20N2/c1-13-10-6-12(7-11-13)14-8-4-2-3-5-9-14/h12H,4-11H2,1H3. The number of likely N-dealkylation sites (tertiary alicyclic amines) is 1. The smallest absolute Gasteiger partial charge is 0.0217 e. The summed E-state index contributed by atoms with van der Waals surface area (Å²) < 4.78 is 0. The first kappa shape index (κ1) is 10.0. The second-order valence-corrected chi connectivity index (χ2v) is 4.42. The molecule has 2 aliphatic heterocycles. The van der Waals surface area contributed by atoms with Crippen molar-refractivity contribution in [3.05, 3.63) is 0 Å². The third kappa shape index (κ3) is 2.50. The molecule has 2 rings (SSSR count). The fraction of sp³-hybridized carbons (Fsp3) is 0.833. The summed E-state index contributed by atoms with van der Waals surface area (Å²) in [6.45, 7) is 4.92. The molecule has 2 heterocycles. The van der Waals surface area contributed by atoms with E-state index in [1.807, 2.05) is 0 Å². The van der Waals surface area contributed by atoms with E-state index in [1.54, 1.807) is 0 Å². The second-order valence-electron chi connectivity index (χ2n) is 4.42. The summed E-state index contributed by atoms with van der Waals surface area (Å²) in [5, 5.41) is 0. The predicted molar refractivity (Wildman–Crippen MR) is 59.1 cm³/mol. The Kier molecular flexibility index (Phi) is 3.44. The molecule has 0 bridgehead atoms. The summed E-state index contributed by atoms with van der Waals surface area (Å²) in [5.41, 5.74) is 0. The molecule has 0 aromatic rings. The largest absolute Gasteiger partial charge is 0.306 e. The van der Waals surface area contributed by atoms with E-state index >= 15 is 0 Å². The predicted octanol–water partition coefficient (Wildman–Crippen LogP) is 1.18. The first-order valence-electron chi connectivity index (χ1n) is 5.74. The van der Waals surface area contributed by atoms with E-state index in [0.29, 0.717) is 0 Å². The van der Waals surface area contributed by atoms with Crippen molar-refractivity contribution in [1.82, 2.24) is 9.80 Å². The molecule has 14 heavy (non-hydrogen) atoms. The van der Waals surface area contributed by atoms with Crippen LogP contribution in [0.15, 0.2) is 0 Å². The van der Waals surface area contributed by atoms with E-state index in [2.05, 4.69) is 28.7 Å². The Hall–Kier alpha value is -0.520. The van der Waals surface area contributed by atoms with Crippen molar-refractivity contribution in [2.45, 2.75) is 31.7 Å². The molecule has 1 fully saturated rings. The van der Waals surface area contributed by atoms with Crippen LogP contribution in [0.25, 0.3) is 0 Å². The molecule has 0 aromatic carbocycles. The topological polar surface area (TPSA) is 6.48 Å². The summed E-state index contributed by atoms with van der Waals surface area (Å²) >= 11 is 0. The normalized spacial score (nSPS) is 26.6. The Morgan fingerprint density at radius 2 is 1.50 bits per heavy atom. The SMILES string of the molecule is CN1CCC(N2CCC#CCC2)CC1. The van der Waals surface area contributed by atoms with E-state index in [4.69, 9.17) is 0 Å². The first-order chi connectivity index (χ1) is 6.86. The maximum atomic E-state index is 3.22. The van der Waals surface area contributed by atoms with Gasteiger partial charge in [0, 0.05) is 32.0 Å². The average Bonchev–Trinajstić information content (AvgIpc) is 2.47. The van der Waals surface area contributed by atoms with Gasteiger partial charge in [-0.05, 0) is 33.0 Å². The van der Waals surface area contributed by atoms with E-state index in [1.165, 1.54) is 39.0 Å². The lowest BCUT2D eigenvalue weighted by molar-refractivity contribution is 0.126. The van der Waals surface area contributed by atoms with Crippen molar-refractivity contribution >= 4 is 0 Å². The molecule has 0 atom stereocenters. The van der Waals surface area contributed by atoms with E-state index in [9.17, 15) is 0 Å². The Morgan fingerprint density at radius 1 is 0.929 bits per heavy atom. The highest BCUT2D eigenvalue weighted by atomic mass is 15.2. The van der Waals surface area contributed by atoms with Gasteiger partial charge in [-0.2, -0.15) is 0 Å². The Labute approximate surface area is 87.3 Å². The van der Waals surface area contributed by atoms with Gasteiger partial charge in [-0.1, -0.05) is 0 Å². The van der Waals surface area contributed by atoms with Crippen LogP contribution in [0.1, 0.15) is 25.7 Å². The van der Waals surface area contributed by atoms with Gasteiger partial charge in [0.15, 0.2) is 0 Å². The lowest BCUT2D eigenvalue weighted by Gasteiger charge is -2.36. The molecule has 0 radical (unpaired) electrons. The van der Waals surface area contributed by atoms with Gasteiger partial charge in [0.25, 0.3) is 0 Å². The highest BCUT2D eigenvalue weighted by Gasteiger charge is 2.22. The molecular formula is C12H20N2. The molecule has 0 N–H and O–H groups in total.